The topological polar surface area (TPSA) is 55.4 Å². The number of hydrogen-bond donors (Lipinski definition) is 0. The Balaban J connectivity index is 4.49. The lowest BCUT2D eigenvalue weighted by molar-refractivity contribution is 0.0766. The van der Waals surface area contributed by atoms with Crippen molar-refractivity contribution in [3.8, 4) is 0 Å². The van der Waals surface area contributed by atoms with Gasteiger partial charge in [0.25, 0.3) is 0 Å². The molecule has 0 aliphatic heterocycles. The van der Waals surface area contributed by atoms with Gasteiger partial charge < -0.3 is 26.6 Å². The summed E-state index contributed by atoms with van der Waals surface area (Å²) in [6.07, 6.45) is 0. The second-order valence-electron chi connectivity index (χ2n) is 4.78. The van der Waals surface area contributed by atoms with Crippen LogP contribution in [0.5, 0.6) is 0 Å². The van der Waals surface area contributed by atoms with Crippen LogP contribution in [-0.4, -0.2) is 73.1 Å². The summed E-state index contributed by atoms with van der Waals surface area (Å²) < 4.78 is 35.2. The van der Waals surface area contributed by atoms with E-state index in [1.165, 1.54) is 0 Å². The maximum Gasteiger partial charge on any atom is 0.511 e. The van der Waals surface area contributed by atoms with Gasteiger partial charge in [-0.25, -0.2) is 0 Å². The smallest absolute Gasteiger partial charge is 0.373 e. The first-order valence-electron chi connectivity index (χ1n) is 9.06. The summed E-state index contributed by atoms with van der Waals surface area (Å²) in [5, 5.41) is 2.40. The Labute approximate surface area is 164 Å². The summed E-state index contributed by atoms with van der Waals surface area (Å²) in [6.45, 7) is 15.5. The Hall–Kier alpha value is 0.894. The Morgan fingerprint density at radius 1 is 0.480 bits per heavy atom. The normalized spacial score (nSPS) is 12.7. The van der Waals surface area contributed by atoms with E-state index in [-0.39, 0.29) is 0 Å². The molecule has 10 heteroatoms. The quantitative estimate of drug-likeness (QED) is 0.185. The van der Waals surface area contributed by atoms with Gasteiger partial charge in [0.15, 0.2) is 0 Å². The average molecular weight is 433 g/mol. The minimum absolute atomic E-state index is 0.606. The number of hydrogen-bond acceptors (Lipinski definition) is 8. The third kappa shape index (κ3) is 10.7. The summed E-state index contributed by atoms with van der Waals surface area (Å²) in [6, 6.07) is 0. The highest BCUT2D eigenvalue weighted by Crippen LogP contribution is 2.24. The van der Waals surface area contributed by atoms with Gasteiger partial charge in [0.05, 0.1) is 10.8 Å². The van der Waals surface area contributed by atoms with Crippen molar-refractivity contribution in [1.82, 2.24) is 0 Å². The molecule has 6 nitrogen and oxygen atoms in total. The van der Waals surface area contributed by atoms with E-state index in [2.05, 4.69) is 0 Å². The van der Waals surface area contributed by atoms with Crippen LogP contribution in [0.4, 0.5) is 0 Å². The van der Waals surface area contributed by atoms with Crippen LogP contribution in [0, 0.1) is 0 Å². The van der Waals surface area contributed by atoms with E-state index < -0.39 is 17.6 Å². The highest BCUT2D eigenvalue weighted by atomic mass is 32.2. The minimum Gasteiger partial charge on any atom is -0.373 e. The van der Waals surface area contributed by atoms with Crippen LogP contribution in [0.1, 0.15) is 41.5 Å². The summed E-state index contributed by atoms with van der Waals surface area (Å²) in [4.78, 5) is 0. The van der Waals surface area contributed by atoms with Crippen molar-refractivity contribution >= 4 is 41.1 Å². The Bertz CT molecular complexity index is 254. The van der Waals surface area contributed by atoms with Crippen molar-refractivity contribution in [2.75, 3.05) is 55.5 Å². The van der Waals surface area contributed by atoms with Gasteiger partial charge in [-0.05, 0) is 41.5 Å². The van der Waals surface area contributed by atoms with Crippen LogP contribution in [0.25, 0.3) is 0 Å². The summed E-state index contributed by atoms with van der Waals surface area (Å²) in [7, 11) is -5.14. The zero-order valence-corrected chi connectivity index (χ0v) is 20.3. The van der Waals surface area contributed by atoms with Crippen LogP contribution in [0.3, 0.4) is 0 Å². The van der Waals surface area contributed by atoms with Gasteiger partial charge in [-0.15, -0.1) is 23.5 Å². The van der Waals surface area contributed by atoms with Crippen LogP contribution < -0.4 is 0 Å². The maximum absolute atomic E-state index is 5.87. The molecule has 0 radical (unpaired) electrons. The van der Waals surface area contributed by atoms with Crippen molar-refractivity contribution in [1.29, 1.82) is 0 Å². The first kappa shape index (κ1) is 25.9. The fourth-order valence-corrected chi connectivity index (χ4v) is 12.0. The predicted molar refractivity (Wildman–Crippen MR) is 111 cm³/mol. The molecule has 0 saturated heterocycles. The molecule has 0 aliphatic carbocycles. The maximum atomic E-state index is 5.87. The standard InChI is InChI=1S/C15H36O6S2Si2/c1-7-16-24(17-8-2,18-9-3)14-22-13-23-15-25(19-10-4,20-11-5)21-12-6/h7-15H2,1-6H3. The van der Waals surface area contributed by atoms with Gasteiger partial charge in [0, 0.05) is 44.7 Å². The van der Waals surface area contributed by atoms with Gasteiger partial charge in [-0.1, -0.05) is 0 Å². The van der Waals surface area contributed by atoms with Crippen molar-refractivity contribution < 1.29 is 26.6 Å². The Morgan fingerprint density at radius 3 is 0.920 bits per heavy atom. The van der Waals surface area contributed by atoms with Crippen molar-refractivity contribution in [3.63, 3.8) is 0 Å². The lowest BCUT2D eigenvalue weighted by Crippen LogP contribution is -2.49. The van der Waals surface area contributed by atoms with Gasteiger partial charge in [-0.3, -0.25) is 0 Å². The van der Waals surface area contributed by atoms with E-state index in [1.54, 1.807) is 23.5 Å². The second kappa shape index (κ2) is 15.9. The van der Waals surface area contributed by atoms with E-state index >= 15 is 0 Å². The van der Waals surface area contributed by atoms with E-state index in [9.17, 15) is 0 Å². The molecule has 0 aliphatic rings. The summed E-state index contributed by atoms with van der Waals surface area (Å²) in [5.41, 5.74) is 0. The lowest BCUT2D eigenvalue weighted by atomic mass is 10.9. The molecule has 25 heavy (non-hydrogen) atoms. The highest BCUT2D eigenvalue weighted by molar-refractivity contribution is 8.17. The fourth-order valence-electron chi connectivity index (χ4n) is 2.21. The van der Waals surface area contributed by atoms with Crippen molar-refractivity contribution in [2.45, 2.75) is 41.5 Å². The molecule has 0 aromatic carbocycles. The van der Waals surface area contributed by atoms with Crippen LogP contribution in [0.15, 0.2) is 0 Å². The van der Waals surface area contributed by atoms with E-state index in [0.29, 0.717) is 39.6 Å². The molecule has 0 unspecified atom stereocenters. The van der Waals surface area contributed by atoms with Crippen molar-refractivity contribution in [2.24, 2.45) is 0 Å². The van der Waals surface area contributed by atoms with E-state index in [1.807, 2.05) is 41.5 Å². The molecule has 0 amide bonds. The molecule has 0 N–H and O–H groups in total. The Morgan fingerprint density at radius 2 is 0.720 bits per heavy atom. The largest absolute Gasteiger partial charge is 0.511 e. The molecule has 0 rings (SSSR count). The third-order valence-electron chi connectivity index (χ3n) is 2.91. The molecule has 0 atom stereocenters. The van der Waals surface area contributed by atoms with Crippen LogP contribution in [-0.2, 0) is 26.6 Å². The minimum atomic E-state index is -2.57. The zero-order chi connectivity index (χ0) is 19.0. The molecule has 0 heterocycles. The summed E-state index contributed by atoms with van der Waals surface area (Å²) in [5.74, 6) is 0. The van der Waals surface area contributed by atoms with Gasteiger partial charge in [-0.2, -0.15) is 0 Å². The Kier molecular flexibility index (Phi) is 16.5. The van der Waals surface area contributed by atoms with Gasteiger partial charge >= 0.3 is 17.6 Å². The molecule has 0 aromatic heterocycles. The first-order chi connectivity index (χ1) is 12.1. The molecule has 0 fully saturated rings. The highest BCUT2D eigenvalue weighted by Gasteiger charge is 2.42. The monoisotopic (exact) mass is 432 g/mol. The van der Waals surface area contributed by atoms with E-state index in [0.717, 1.165) is 15.8 Å². The molecular formula is C15H36O6S2Si2. The first-order valence-corrected chi connectivity index (χ1v) is 15.2. The number of thioether (sulfide) groups is 2. The summed E-state index contributed by atoms with van der Waals surface area (Å²) >= 11 is 3.56. The van der Waals surface area contributed by atoms with Crippen LogP contribution >= 0.6 is 23.5 Å². The lowest BCUT2D eigenvalue weighted by Gasteiger charge is -2.29. The van der Waals surface area contributed by atoms with Gasteiger partial charge in [0.2, 0.25) is 0 Å². The fraction of sp³-hybridized carbons (Fsp3) is 1.00. The molecule has 0 saturated carbocycles. The van der Waals surface area contributed by atoms with E-state index in [4.69, 9.17) is 26.6 Å². The molecule has 152 valence electrons. The third-order valence-corrected chi connectivity index (χ3v) is 13.1. The average Bonchev–Trinajstić information content (AvgIpc) is 2.56. The predicted octanol–water partition coefficient (Wildman–Crippen LogP) is 3.59. The molecule has 0 bridgehead atoms. The number of rotatable bonds is 18. The molecular weight excluding hydrogens is 396 g/mol. The second-order valence-corrected chi connectivity index (χ2v) is 13.3. The van der Waals surface area contributed by atoms with Crippen molar-refractivity contribution in [3.05, 3.63) is 0 Å². The molecule has 0 spiro atoms. The SMILES string of the molecule is CCO[Si](CSCSC[Si](OCC)(OCC)OCC)(OCC)OCC. The zero-order valence-electron chi connectivity index (χ0n) is 16.6. The van der Waals surface area contributed by atoms with Gasteiger partial charge in [0.1, 0.15) is 0 Å². The van der Waals surface area contributed by atoms with Crippen LogP contribution in [0.2, 0.25) is 0 Å². The molecule has 0 aromatic rings.